The molecule has 0 saturated carbocycles. The van der Waals surface area contributed by atoms with E-state index in [1.807, 2.05) is 34.5 Å². The minimum absolute atomic E-state index is 0.0419. The van der Waals surface area contributed by atoms with E-state index in [2.05, 4.69) is 26.4 Å². The molecule has 2 saturated heterocycles. The summed E-state index contributed by atoms with van der Waals surface area (Å²) in [5, 5.41) is 3.66. The molecule has 4 aromatic rings. The summed E-state index contributed by atoms with van der Waals surface area (Å²) >= 11 is 1.57. The molecule has 154 valence electrons. The number of carbonyl (C=O) groups excluding carboxylic acids is 1. The molecule has 1 aromatic carbocycles. The smallest absolute Gasteiger partial charge is 0.246 e. The number of amides is 1. The average molecular weight is 431 g/mol. The minimum Gasteiger partial charge on any atom is -0.349 e. The maximum absolute atomic E-state index is 15.6. The zero-order valence-electron chi connectivity index (χ0n) is 16.5. The van der Waals surface area contributed by atoms with Crippen LogP contribution in [0.2, 0.25) is 0 Å². The summed E-state index contributed by atoms with van der Waals surface area (Å²) in [6.45, 7) is 4.95. The number of nitrogens with zero attached hydrogens (tertiary/aromatic N) is 5. The molecule has 0 bridgehead atoms. The normalized spacial score (nSPS) is 20.2. The van der Waals surface area contributed by atoms with Crippen molar-refractivity contribution in [3.8, 4) is 11.3 Å². The Bertz CT molecular complexity index is 1370. The van der Waals surface area contributed by atoms with Crippen LogP contribution in [-0.2, 0) is 4.79 Å². The zero-order chi connectivity index (χ0) is 21.1. The number of halogens is 1. The maximum Gasteiger partial charge on any atom is 0.246 e. The van der Waals surface area contributed by atoms with Gasteiger partial charge in [-0.25, -0.2) is 14.4 Å². The number of benzene rings is 1. The SMILES string of the molecule is C=CC(=O)N1CC[C@@H]2[C@H]1CN2c1ncnc2c(F)c(-c3cccc4ccsc34)ncc12. The number of hydrogen-bond donors (Lipinski definition) is 0. The third-order valence-corrected chi connectivity index (χ3v) is 7.32. The van der Waals surface area contributed by atoms with Crippen molar-refractivity contribution in [2.45, 2.75) is 18.5 Å². The molecule has 6 rings (SSSR count). The predicted molar refractivity (Wildman–Crippen MR) is 120 cm³/mol. The third kappa shape index (κ3) is 2.61. The second kappa shape index (κ2) is 6.81. The van der Waals surface area contributed by atoms with Gasteiger partial charge in [0.25, 0.3) is 0 Å². The fraction of sp³-hybridized carbons (Fsp3) is 0.217. The van der Waals surface area contributed by atoms with Gasteiger partial charge in [0.05, 0.1) is 17.5 Å². The van der Waals surface area contributed by atoms with E-state index in [1.165, 1.54) is 12.4 Å². The molecule has 8 heteroatoms. The summed E-state index contributed by atoms with van der Waals surface area (Å²) in [6.07, 6.45) is 5.29. The summed E-state index contributed by atoms with van der Waals surface area (Å²) in [7, 11) is 0. The molecule has 2 aliphatic heterocycles. The van der Waals surface area contributed by atoms with Gasteiger partial charge in [0, 0.05) is 29.5 Å². The third-order valence-electron chi connectivity index (χ3n) is 6.36. The lowest BCUT2D eigenvalue weighted by Gasteiger charge is -2.47. The standard InChI is InChI=1S/C23H18FN5OS/c1-2-18(30)28-8-6-16-17(28)11-29(16)23-15-10-25-20(19(24)21(15)26-12-27-23)14-5-3-4-13-7-9-31-22(13)14/h2-5,7,9-10,12,16-17H,1,6,8,11H2/t16-,17-/m1/s1. The van der Waals surface area contributed by atoms with Crippen LogP contribution in [0.1, 0.15) is 6.42 Å². The molecule has 6 nitrogen and oxygen atoms in total. The second-order valence-electron chi connectivity index (χ2n) is 7.84. The van der Waals surface area contributed by atoms with Crippen LogP contribution in [0.5, 0.6) is 0 Å². The molecule has 5 heterocycles. The van der Waals surface area contributed by atoms with Crippen LogP contribution in [0.3, 0.4) is 0 Å². The highest BCUT2D eigenvalue weighted by atomic mass is 32.1. The lowest BCUT2D eigenvalue weighted by atomic mass is 9.96. The Morgan fingerprint density at radius 3 is 3.00 bits per heavy atom. The molecule has 2 atom stereocenters. The predicted octanol–water partition coefficient (Wildman–Crippen LogP) is 4.02. The number of fused-ring (bicyclic) bond motifs is 3. The Kier molecular flexibility index (Phi) is 4.04. The molecule has 0 N–H and O–H groups in total. The van der Waals surface area contributed by atoms with Crippen LogP contribution >= 0.6 is 11.3 Å². The summed E-state index contributed by atoms with van der Waals surface area (Å²) in [4.78, 5) is 29.2. The molecule has 0 aliphatic carbocycles. The lowest BCUT2D eigenvalue weighted by molar-refractivity contribution is -0.127. The molecule has 0 radical (unpaired) electrons. The van der Waals surface area contributed by atoms with E-state index in [0.29, 0.717) is 30.0 Å². The fourth-order valence-electron chi connectivity index (χ4n) is 4.83. The molecule has 0 spiro atoms. The van der Waals surface area contributed by atoms with E-state index in [1.54, 1.807) is 17.5 Å². The highest BCUT2D eigenvalue weighted by Gasteiger charge is 2.49. The van der Waals surface area contributed by atoms with Crippen molar-refractivity contribution in [2.75, 3.05) is 18.0 Å². The van der Waals surface area contributed by atoms with E-state index in [4.69, 9.17) is 0 Å². The van der Waals surface area contributed by atoms with Crippen LogP contribution < -0.4 is 4.90 Å². The summed E-state index contributed by atoms with van der Waals surface area (Å²) < 4.78 is 16.6. The van der Waals surface area contributed by atoms with Crippen molar-refractivity contribution in [3.05, 3.63) is 60.6 Å². The number of carbonyl (C=O) groups is 1. The van der Waals surface area contributed by atoms with Crippen molar-refractivity contribution >= 4 is 44.1 Å². The molecule has 2 fully saturated rings. The first-order chi connectivity index (χ1) is 15.2. The van der Waals surface area contributed by atoms with Gasteiger partial charge in [-0.05, 0) is 29.3 Å². The van der Waals surface area contributed by atoms with E-state index >= 15 is 4.39 Å². The maximum atomic E-state index is 15.6. The monoisotopic (exact) mass is 431 g/mol. The number of rotatable bonds is 3. The highest BCUT2D eigenvalue weighted by Crippen LogP contribution is 2.40. The van der Waals surface area contributed by atoms with Gasteiger partial charge in [-0.15, -0.1) is 11.3 Å². The Morgan fingerprint density at radius 1 is 1.23 bits per heavy atom. The van der Waals surface area contributed by atoms with Crippen LogP contribution in [0.15, 0.2) is 54.8 Å². The van der Waals surface area contributed by atoms with Gasteiger partial charge in [-0.1, -0.05) is 24.8 Å². The minimum atomic E-state index is -0.436. The lowest BCUT2D eigenvalue weighted by Crippen LogP contribution is -2.63. The van der Waals surface area contributed by atoms with E-state index in [-0.39, 0.29) is 23.5 Å². The largest absolute Gasteiger partial charge is 0.349 e. The van der Waals surface area contributed by atoms with Crippen molar-refractivity contribution < 1.29 is 9.18 Å². The Balaban J connectivity index is 1.41. The topological polar surface area (TPSA) is 62.2 Å². The molecule has 0 unspecified atom stereocenters. The Labute approximate surface area is 181 Å². The van der Waals surface area contributed by atoms with Crippen LogP contribution in [0.25, 0.3) is 32.2 Å². The van der Waals surface area contributed by atoms with Crippen molar-refractivity contribution in [3.63, 3.8) is 0 Å². The first-order valence-corrected chi connectivity index (χ1v) is 11.0. The van der Waals surface area contributed by atoms with Crippen molar-refractivity contribution in [2.24, 2.45) is 0 Å². The van der Waals surface area contributed by atoms with Gasteiger partial charge >= 0.3 is 0 Å². The molecule has 1 amide bonds. The molecule has 2 aliphatic rings. The summed E-state index contributed by atoms with van der Waals surface area (Å²) in [5.41, 5.74) is 1.34. The van der Waals surface area contributed by atoms with Gasteiger partial charge in [-0.2, -0.15) is 0 Å². The number of pyridine rings is 1. The van der Waals surface area contributed by atoms with Gasteiger partial charge in [0.15, 0.2) is 5.82 Å². The van der Waals surface area contributed by atoms with E-state index in [0.717, 1.165) is 22.1 Å². The number of hydrogen-bond acceptors (Lipinski definition) is 6. The number of anilines is 1. The van der Waals surface area contributed by atoms with Gasteiger partial charge < -0.3 is 9.80 Å². The molecular formula is C23H18FN5OS. The van der Waals surface area contributed by atoms with E-state index < -0.39 is 5.82 Å². The highest BCUT2D eigenvalue weighted by molar-refractivity contribution is 7.17. The first-order valence-electron chi connectivity index (χ1n) is 10.1. The van der Waals surface area contributed by atoms with Gasteiger partial charge in [-0.3, -0.25) is 9.78 Å². The van der Waals surface area contributed by atoms with Crippen LogP contribution in [0.4, 0.5) is 10.2 Å². The molecular weight excluding hydrogens is 413 g/mol. The molecule has 31 heavy (non-hydrogen) atoms. The van der Waals surface area contributed by atoms with Crippen LogP contribution in [-0.4, -0.2) is 50.9 Å². The second-order valence-corrected chi connectivity index (χ2v) is 8.75. The fourth-order valence-corrected chi connectivity index (χ4v) is 5.74. The number of thiophene rings is 1. The first kappa shape index (κ1) is 18.4. The van der Waals surface area contributed by atoms with Crippen LogP contribution in [0, 0.1) is 5.82 Å². The summed E-state index contributed by atoms with van der Waals surface area (Å²) in [6, 6.07) is 8.15. The average Bonchev–Trinajstić information content (AvgIpc) is 3.38. The van der Waals surface area contributed by atoms with Gasteiger partial charge in [0.1, 0.15) is 23.4 Å². The number of aromatic nitrogens is 3. The Morgan fingerprint density at radius 2 is 2.13 bits per heavy atom. The van der Waals surface area contributed by atoms with E-state index in [9.17, 15) is 4.79 Å². The Hall–Kier alpha value is -3.39. The van der Waals surface area contributed by atoms with Crippen molar-refractivity contribution in [1.29, 1.82) is 0 Å². The zero-order valence-corrected chi connectivity index (χ0v) is 17.3. The quantitative estimate of drug-likeness (QED) is 0.459. The van der Waals surface area contributed by atoms with Gasteiger partial charge in [0.2, 0.25) is 5.91 Å². The van der Waals surface area contributed by atoms with Crippen molar-refractivity contribution in [1.82, 2.24) is 19.9 Å². The molecule has 3 aromatic heterocycles. The number of likely N-dealkylation sites (tertiary alicyclic amines) is 1. The summed E-state index contributed by atoms with van der Waals surface area (Å²) in [5.74, 6) is 0.195.